The number of nitriles is 1. The normalized spacial score (nSPS) is 12.4. The lowest BCUT2D eigenvalue weighted by Crippen LogP contribution is -2.37. The number of carbonyl (C=O) groups excluding carboxylic acids is 1. The van der Waals surface area contributed by atoms with Crippen molar-refractivity contribution in [2.75, 3.05) is 20.3 Å². The zero-order chi connectivity index (χ0) is 11.7. The first-order chi connectivity index (χ1) is 7.17. The minimum absolute atomic E-state index is 0.0419. The first-order valence-corrected chi connectivity index (χ1v) is 5.00. The van der Waals surface area contributed by atoms with Crippen molar-refractivity contribution >= 4 is 5.91 Å². The lowest BCUT2D eigenvalue weighted by molar-refractivity contribution is -0.127. The van der Waals surface area contributed by atoms with E-state index in [1.54, 1.807) is 18.1 Å². The van der Waals surface area contributed by atoms with E-state index in [0.29, 0.717) is 19.6 Å². The van der Waals surface area contributed by atoms with Crippen LogP contribution >= 0.6 is 0 Å². The van der Waals surface area contributed by atoms with E-state index in [9.17, 15) is 4.79 Å². The third-order valence-corrected chi connectivity index (χ3v) is 2.07. The number of ether oxygens (including phenoxy) is 1. The molecule has 0 saturated carbocycles. The van der Waals surface area contributed by atoms with Crippen molar-refractivity contribution in [3.8, 4) is 6.07 Å². The van der Waals surface area contributed by atoms with Gasteiger partial charge in [0, 0.05) is 25.8 Å². The molecule has 0 aromatic heterocycles. The van der Waals surface area contributed by atoms with Crippen LogP contribution in [0.1, 0.15) is 20.3 Å². The fourth-order valence-electron chi connectivity index (χ4n) is 1.27. The molecule has 0 bridgehead atoms. The van der Waals surface area contributed by atoms with Gasteiger partial charge in [-0.25, -0.2) is 0 Å². The molecule has 4 nitrogen and oxygen atoms in total. The number of likely N-dealkylation sites (N-methyl/N-ethyl adjacent to an activating group) is 1. The molecule has 0 saturated heterocycles. The van der Waals surface area contributed by atoms with Gasteiger partial charge in [0.1, 0.15) is 0 Å². The van der Waals surface area contributed by atoms with E-state index in [1.165, 1.54) is 6.08 Å². The van der Waals surface area contributed by atoms with E-state index in [1.807, 2.05) is 13.8 Å². The molecule has 15 heavy (non-hydrogen) atoms. The van der Waals surface area contributed by atoms with Gasteiger partial charge in [-0.3, -0.25) is 4.79 Å². The van der Waals surface area contributed by atoms with Gasteiger partial charge in [0.05, 0.1) is 19.1 Å². The Morgan fingerprint density at radius 1 is 1.67 bits per heavy atom. The van der Waals surface area contributed by atoms with Gasteiger partial charge in [0.15, 0.2) is 0 Å². The lowest BCUT2D eigenvalue weighted by Gasteiger charge is -2.24. The average molecular weight is 210 g/mol. The Kier molecular flexibility index (Phi) is 7.29. The van der Waals surface area contributed by atoms with E-state index in [0.717, 1.165) is 0 Å². The lowest BCUT2D eigenvalue weighted by atomic mass is 10.2. The standard InChI is InChI=1S/C11H18N2O2/c1-4-13(10(2)7-8-12)11(14)6-5-9-15-3/h5-6,10H,4,7,9H2,1-3H3/b6-5+/t10-/m1/s1. The number of amides is 1. The van der Waals surface area contributed by atoms with Crippen LogP contribution in [0.5, 0.6) is 0 Å². The van der Waals surface area contributed by atoms with Crippen LogP contribution < -0.4 is 0 Å². The third-order valence-electron chi connectivity index (χ3n) is 2.07. The summed E-state index contributed by atoms with van der Waals surface area (Å²) in [6.45, 7) is 4.81. The van der Waals surface area contributed by atoms with Gasteiger partial charge in [0.2, 0.25) is 5.91 Å². The van der Waals surface area contributed by atoms with Crippen LogP contribution in [0.2, 0.25) is 0 Å². The van der Waals surface area contributed by atoms with Crippen molar-refractivity contribution in [3.63, 3.8) is 0 Å². The van der Waals surface area contributed by atoms with Crippen LogP contribution in [0.15, 0.2) is 12.2 Å². The maximum atomic E-state index is 11.6. The van der Waals surface area contributed by atoms with Crippen molar-refractivity contribution in [3.05, 3.63) is 12.2 Å². The molecular formula is C11H18N2O2. The molecule has 0 N–H and O–H groups in total. The van der Waals surface area contributed by atoms with Crippen LogP contribution in [0.25, 0.3) is 0 Å². The molecule has 0 fully saturated rings. The number of hydrogen-bond donors (Lipinski definition) is 0. The van der Waals surface area contributed by atoms with Gasteiger partial charge >= 0.3 is 0 Å². The summed E-state index contributed by atoms with van der Waals surface area (Å²) in [6.07, 6.45) is 3.52. The van der Waals surface area contributed by atoms with E-state index in [2.05, 4.69) is 6.07 Å². The fourth-order valence-corrected chi connectivity index (χ4v) is 1.27. The second kappa shape index (κ2) is 8.01. The summed E-state index contributed by atoms with van der Waals surface area (Å²) in [6, 6.07) is 2.02. The molecule has 0 spiro atoms. The van der Waals surface area contributed by atoms with Gasteiger partial charge in [0.25, 0.3) is 0 Å². The van der Waals surface area contributed by atoms with E-state index in [4.69, 9.17) is 10.00 Å². The number of hydrogen-bond acceptors (Lipinski definition) is 3. The summed E-state index contributed by atoms with van der Waals surface area (Å²) < 4.78 is 4.80. The van der Waals surface area contributed by atoms with Crippen LogP contribution in [-0.4, -0.2) is 37.1 Å². The van der Waals surface area contributed by atoms with Crippen LogP contribution in [0.3, 0.4) is 0 Å². The Bertz CT molecular complexity index is 256. The SMILES string of the molecule is CCN(C(=O)/C=C/COC)[C@H](C)CC#N. The van der Waals surface area contributed by atoms with Crippen molar-refractivity contribution in [2.24, 2.45) is 0 Å². The molecule has 0 aliphatic rings. The van der Waals surface area contributed by atoms with Crippen molar-refractivity contribution in [2.45, 2.75) is 26.3 Å². The molecule has 0 aromatic rings. The third kappa shape index (κ3) is 5.18. The smallest absolute Gasteiger partial charge is 0.246 e. The van der Waals surface area contributed by atoms with Crippen LogP contribution in [0, 0.1) is 11.3 Å². The summed E-state index contributed by atoms with van der Waals surface area (Å²) in [5, 5.41) is 8.55. The van der Waals surface area contributed by atoms with Crippen molar-refractivity contribution in [1.82, 2.24) is 4.90 Å². The molecule has 0 radical (unpaired) electrons. The Balaban J connectivity index is 4.28. The first-order valence-electron chi connectivity index (χ1n) is 5.00. The molecule has 0 aliphatic carbocycles. The number of methoxy groups -OCH3 is 1. The maximum absolute atomic E-state index is 11.6. The molecule has 1 atom stereocenters. The summed E-state index contributed by atoms with van der Waals surface area (Å²) in [4.78, 5) is 13.3. The first kappa shape index (κ1) is 13.7. The van der Waals surface area contributed by atoms with Crippen LogP contribution in [-0.2, 0) is 9.53 Å². The minimum atomic E-state index is -0.0719. The quantitative estimate of drug-likeness (QED) is 0.622. The molecule has 4 heteroatoms. The highest BCUT2D eigenvalue weighted by Gasteiger charge is 2.15. The summed E-state index contributed by atoms with van der Waals surface area (Å²) in [5.74, 6) is -0.0719. The highest BCUT2D eigenvalue weighted by Crippen LogP contribution is 2.03. The molecule has 1 amide bonds. The Labute approximate surface area is 91.1 Å². The largest absolute Gasteiger partial charge is 0.381 e. The van der Waals surface area contributed by atoms with Gasteiger partial charge < -0.3 is 9.64 Å². The number of rotatable bonds is 6. The summed E-state index contributed by atoms with van der Waals surface area (Å²) >= 11 is 0. The maximum Gasteiger partial charge on any atom is 0.246 e. The van der Waals surface area contributed by atoms with Crippen molar-refractivity contribution < 1.29 is 9.53 Å². The van der Waals surface area contributed by atoms with E-state index in [-0.39, 0.29) is 11.9 Å². The van der Waals surface area contributed by atoms with Gasteiger partial charge in [-0.05, 0) is 13.8 Å². The van der Waals surface area contributed by atoms with Crippen LogP contribution in [0.4, 0.5) is 0 Å². The van der Waals surface area contributed by atoms with Gasteiger partial charge in [-0.1, -0.05) is 6.08 Å². The predicted molar refractivity (Wildman–Crippen MR) is 58.1 cm³/mol. The predicted octanol–water partition coefficient (Wildman–Crippen LogP) is 1.34. The number of nitrogens with zero attached hydrogens (tertiary/aromatic N) is 2. The molecule has 0 aliphatic heterocycles. The Hall–Kier alpha value is -1.34. The Morgan fingerprint density at radius 3 is 2.80 bits per heavy atom. The number of carbonyl (C=O) groups is 1. The monoisotopic (exact) mass is 210 g/mol. The molecule has 0 aromatic carbocycles. The van der Waals surface area contributed by atoms with E-state index < -0.39 is 0 Å². The summed E-state index contributed by atoms with van der Waals surface area (Å²) in [7, 11) is 1.57. The topological polar surface area (TPSA) is 53.3 Å². The molecule has 0 heterocycles. The zero-order valence-corrected chi connectivity index (χ0v) is 9.56. The zero-order valence-electron chi connectivity index (χ0n) is 9.56. The summed E-state index contributed by atoms with van der Waals surface area (Å²) in [5.41, 5.74) is 0. The second-order valence-corrected chi connectivity index (χ2v) is 3.19. The van der Waals surface area contributed by atoms with Gasteiger partial charge in [-0.15, -0.1) is 0 Å². The molecular weight excluding hydrogens is 192 g/mol. The van der Waals surface area contributed by atoms with E-state index >= 15 is 0 Å². The highest BCUT2D eigenvalue weighted by molar-refractivity contribution is 5.87. The second-order valence-electron chi connectivity index (χ2n) is 3.19. The molecule has 0 rings (SSSR count). The fraction of sp³-hybridized carbons (Fsp3) is 0.636. The molecule has 0 unspecified atom stereocenters. The van der Waals surface area contributed by atoms with Gasteiger partial charge in [-0.2, -0.15) is 5.26 Å². The minimum Gasteiger partial charge on any atom is -0.381 e. The Morgan fingerprint density at radius 2 is 2.33 bits per heavy atom. The van der Waals surface area contributed by atoms with Crippen molar-refractivity contribution in [1.29, 1.82) is 5.26 Å². The highest BCUT2D eigenvalue weighted by atomic mass is 16.5. The average Bonchev–Trinajstić information content (AvgIpc) is 2.19. The molecule has 84 valence electrons.